The van der Waals surface area contributed by atoms with E-state index in [0.29, 0.717) is 11.1 Å². The summed E-state index contributed by atoms with van der Waals surface area (Å²) in [6, 6.07) is 14.8. The molecule has 2 N–H and O–H groups in total. The van der Waals surface area contributed by atoms with Crippen LogP contribution in [0.5, 0.6) is 0 Å². The van der Waals surface area contributed by atoms with Gasteiger partial charge in [-0.25, -0.2) is 9.78 Å². The minimum atomic E-state index is -0.991. The molecule has 3 heterocycles. The van der Waals surface area contributed by atoms with E-state index in [1.165, 1.54) is 0 Å². The molecule has 0 aliphatic heterocycles. The summed E-state index contributed by atoms with van der Waals surface area (Å²) in [5, 5.41) is 16.0. The highest BCUT2D eigenvalue weighted by molar-refractivity contribution is 5.99. The molecule has 6 heteroatoms. The van der Waals surface area contributed by atoms with Gasteiger partial charge in [0.2, 0.25) is 0 Å². The number of aromatic carboxylic acids is 1. The lowest BCUT2D eigenvalue weighted by atomic mass is 9.93. The van der Waals surface area contributed by atoms with Crippen LogP contribution in [0.4, 0.5) is 0 Å². The second kappa shape index (κ2) is 6.90. The molecule has 5 aromatic rings. The molecular weight excluding hydrogens is 376 g/mol. The normalized spacial score (nSPS) is 10.8. The maximum atomic E-state index is 12.0. The molecule has 0 aliphatic rings. The van der Waals surface area contributed by atoms with Crippen LogP contribution in [0.2, 0.25) is 0 Å². The second-order valence-corrected chi connectivity index (χ2v) is 6.93. The Kier molecular flexibility index (Phi) is 4.08. The number of benzene rings is 2. The van der Waals surface area contributed by atoms with E-state index in [-0.39, 0.29) is 5.56 Å². The minimum Gasteiger partial charge on any atom is -0.478 e. The van der Waals surface area contributed by atoms with Crippen LogP contribution in [0, 0.1) is 11.8 Å². The molecule has 0 atom stereocenters. The molecule has 2 aromatic carbocycles. The fourth-order valence-electron chi connectivity index (χ4n) is 3.64. The van der Waals surface area contributed by atoms with Crippen molar-refractivity contribution in [3.8, 4) is 23.0 Å². The zero-order chi connectivity index (χ0) is 20.7. The zero-order valence-electron chi connectivity index (χ0n) is 16.0. The van der Waals surface area contributed by atoms with Gasteiger partial charge >= 0.3 is 5.97 Å². The first-order chi connectivity index (χ1) is 14.6. The predicted octanol–water partition coefficient (Wildman–Crippen LogP) is 4.21. The van der Waals surface area contributed by atoms with Crippen LogP contribution in [0.1, 0.15) is 21.5 Å². The number of aromatic amines is 1. The van der Waals surface area contributed by atoms with Crippen molar-refractivity contribution in [2.75, 3.05) is 0 Å². The van der Waals surface area contributed by atoms with Crippen molar-refractivity contribution < 1.29 is 9.90 Å². The van der Waals surface area contributed by atoms with Crippen LogP contribution >= 0.6 is 0 Å². The summed E-state index contributed by atoms with van der Waals surface area (Å²) in [5.41, 5.74) is 4.75. The number of hydrogen-bond donors (Lipinski definition) is 2. The summed E-state index contributed by atoms with van der Waals surface area (Å²) in [6.45, 7) is 0. The molecule has 0 unspecified atom stereocenters. The summed E-state index contributed by atoms with van der Waals surface area (Å²) < 4.78 is 1.77. The van der Waals surface area contributed by atoms with Gasteiger partial charge in [-0.15, -0.1) is 0 Å². The van der Waals surface area contributed by atoms with Gasteiger partial charge in [-0.05, 0) is 35.9 Å². The summed E-state index contributed by atoms with van der Waals surface area (Å²) in [6.07, 6.45) is 5.32. The van der Waals surface area contributed by atoms with Crippen molar-refractivity contribution in [2.45, 2.75) is 0 Å². The van der Waals surface area contributed by atoms with Gasteiger partial charge in [0, 0.05) is 41.3 Å². The van der Waals surface area contributed by atoms with Crippen molar-refractivity contribution in [3.63, 3.8) is 0 Å². The van der Waals surface area contributed by atoms with E-state index in [1.54, 1.807) is 29.2 Å². The topological polar surface area (TPSA) is 83.8 Å². The Hall–Kier alpha value is -4.37. The average Bonchev–Trinajstić information content (AvgIpc) is 3.35. The lowest BCUT2D eigenvalue weighted by Crippen LogP contribution is -2.01. The maximum Gasteiger partial charge on any atom is 0.336 e. The third-order valence-corrected chi connectivity index (χ3v) is 5.12. The van der Waals surface area contributed by atoms with Crippen LogP contribution in [-0.2, 0) is 7.05 Å². The van der Waals surface area contributed by atoms with Crippen molar-refractivity contribution in [3.05, 3.63) is 83.8 Å². The number of carboxylic acid groups (broad SMARTS) is 1. The Bertz CT molecular complexity index is 1500. The quantitative estimate of drug-likeness (QED) is 0.441. The summed E-state index contributed by atoms with van der Waals surface area (Å²) in [4.78, 5) is 19.3. The van der Waals surface area contributed by atoms with Crippen molar-refractivity contribution in [2.24, 2.45) is 7.05 Å². The lowest BCUT2D eigenvalue weighted by molar-refractivity contribution is 0.0697. The van der Waals surface area contributed by atoms with Crippen LogP contribution in [0.3, 0.4) is 0 Å². The summed E-state index contributed by atoms with van der Waals surface area (Å²) >= 11 is 0. The number of rotatable bonds is 2. The van der Waals surface area contributed by atoms with E-state index < -0.39 is 5.97 Å². The fourth-order valence-corrected chi connectivity index (χ4v) is 3.64. The SMILES string of the molecule is Cn1ncc2ccc(-c3c(C#Cc4c[nH]c5ncccc45)cccc3C(=O)O)cc21. The molecule has 0 fully saturated rings. The third kappa shape index (κ3) is 2.90. The molecule has 0 saturated heterocycles. The van der Waals surface area contributed by atoms with E-state index in [9.17, 15) is 9.90 Å². The van der Waals surface area contributed by atoms with Gasteiger partial charge in [-0.2, -0.15) is 5.10 Å². The van der Waals surface area contributed by atoms with Gasteiger partial charge < -0.3 is 10.1 Å². The number of hydrogen-bond acceptors (Lipinski definition) is 3. The Labute approximate surface area is 171 Å². The summed E-state index contributed by atoms with van der Waals surface area (Å²) in [7, 11) is 1.86. The van der Waals surface area contributed by atoms with Crippen LogP contribution in [-0.4, -0.2) is 30.8 Å². The highest BCUT2D eigenvalue weighted by Gasteiger charge is 2.16. The average molecular weight is 392 g/mol. The third-order valence-electron chi connectivity index (χ3n) is 5.12. The van der Waals surface area contributed by atoms with Gasteiger partial charge in [0.1, 0.15) is 5.65 Å². The predicted molar refractivity (Wildman–Crippen MR) is 115 cm³/mol. The Morgan fingerprint density at radius 1 is 1.10 bits per heavy atom. The number of carbonyl (C=O) groups is 1. The molecule has 0 aliphatic carbocycles. The zero-order valence-corrected chi connectivity index (χ0v) is 16.0. The number of aromatic nitrogens is 4. The molecule has 0 amide bonds. The smallest absolute Gasteiger partial charge is 0.336 e. The number of nitrogens with one attached hydrogen (secondary N) is 1. The molecule has 30 heavy (non-hydrogen) atoms. The number of nitrogens with zero attached hydrogens (tertiary/aromatic N) is 3. The Balaban J connectivity index is 1.71. The second-order valence-electron chi connectivity index (χ2n) is 6.93. The van der Waals surface area contributed by atoms with Gasteiger partial charge in [0.05, 0.1) is 22.8 Å². The molecule has 0 saturated carbocycles. The molecule has 6 nitrogen and oxygen atoms in total. The number of fused-ring (bicyclic) bond motifs is 2. The first kappa shape index (κ1) is 17.7. The molecular formula is C24H16N4O2. The van der Waals surface area contributed by atoms with E-state index >= 15 is 0 Å². The monoisotopic (exact) mass is 392 g/mol. The minimum absolute atomic E-state index is 0.212. The number of H-pyrrole nitrogens is 1. The Morgan fingerprint density at radius 3 is 2.83 bits per heavy atom. The van der Waals surface area contributed by atoms with Gasteiger partial charge in [0.15, 0.2) is 0 Å². The molecule has 0 bridgehead atoms. The van der Waals surface area contributed by atoms with Crippen LogP contribution in [0.25, 0.3) is 33.1 Å². The van der Waals surface area contributed by atoms with Crippen LogP contribution < -0.4 is 0 Å². The van der Waals surface area contributed by atoms with E-state index in [2.05, 4.69) is 26.9 Å². The van der Waals surface area contributed by atoms with Crippen molar-refractivity contribution >= 4 is 27.9 Å². The van der Waals surface area contributed by atoms with E-state index in [0.717, 1.165) is 33.1 Å². The first-order valence-electron chi connectivity index (χ1n) is 9.34. The Morgan fingerprint density at radius 2 is 1.97 bits per heavy atom. The largest absolute Gasteiger partial charge is 0.478 e. The molecule has 0 spiro atoms. The van der Waals surface area contributed by atoms with Crippen molar-refractivity contribution in [1.29, 1.82) is 0 Å². The fraction of sp³-hybridized carbons (Fsp3) is 0.0417. The lowest BCUT2D eigenvalue weighted by Gasteiger charge is -2.10. The molecule has 3 aromatic heterocycles. The standard InChI is InChI=1S/C24H16N4O2/c1-28-21-12-16(8-10-18(21)14-27-28)22-15(4-2-5-20(22)24(29)30)7-9-17-13-26-23-19(17)6-3-11-25-23/h2-6,8,10-14H,1H3,(H,25,26)(H,29,30). The maximum absolute atomic E-state index is 12.0. The highest BCUT2D eigenvalue weighted by atomic mass is 16.4. The van der Waals surface area contributed by atoms with E-state index in [4.69, 9.17) is 0 Å². The van der Waals surface area contributed by atoms with E-state index in [1.807, 2.05) is 49.6 Å². The van der Waals surface area contributed by atoms with Gasteiger partial charge in [-0.1, -0.05) is 30.0 Å². The number of aryl methyl sites for hydroxylation is 1. The number of carboxylic acids is 1. The van der Waals surface area contributed by atoms with Gasteiger partial charge in [-0.3, -0.25) is 4.68 Å². The number of pyridine rings is 1. The first-order valence-corrected chi connectivity index (χ1v) is 9.34. The molecule has 0 radical (unpaired) electrons. The highest BCUT2D eigenvalue weighted by Crippen LogP contribution is 2.30. The molecule has 5 rings (SSSR count). The summed E-state index contributed by atoms with van der Waals surface area (Å²) in [5.74, 6) is 5.36. The molecule has 144 valence electrons. The van der Waals surface area contributed by atoms with Gasteiger partial charge in [0.25, 0.3) is 0 Å². The van der Waals surface area contributed by atoms with Crippen LogP contribution in [0.15, 0.2) is 67.1 Å². The van der Waals surface area contributed by atoms with Crippen molar-refractivity contribution in [1.82, 2.24) is 19.7 Å².